The van der Waals surface area contributed by atoms with E-state index in [-0.39, 0.29) is 23.3 Å². The Morgan fingerprint density at radius 3 is 2.53 bits per heavy atom. The van der Waals surface area contributed by atoms with Crippen LogP contribution in [-0.4, -0.2) is 55.5 Å². The minimum Gasteiger partial charge on any atom is -0.468 e. The van der Waals surface area contributed by atoms with Gasteiger partial charge in [0.1, 0.15) is 9.71 Å². The molecule has 0 fully saturated rings. The second-order valence-corrected chi connectivity index (χ2v) is 8.40. The van der Waals surface area contributed by atoms with Gasteiger partial charge in [0.25, 0.3) is 5.91 Å². The van der Waals surface area contributed by atoms with E-state index in [2.05, 4.69) is 15.0 Å². The molecule has 0 aliphatic carbocycles. The molecule has 1 aromatic carbocycles. The summed E-state index contributed by atoms with van der Waals surface area (Å²) in [7, 11) is 4.42. The molecule has 1 N–H and O–H groups in total. The van der Waals surface area contributed by atoms with Gasteiger partial charge in [-0.2, -0.15) is 0 Å². The summed E-state index contributed by atoms with van der Waals surface area (Å²) in [5.74, 6) is -1.19. The number of nitrogens with zero attached hydrogens (tertiary/aromatic N) is 2. The lowest BCUT2D eigenvalue weighted by molar-refractivity contribution is -0.141. The van der Waals surface area contributed by atoms with Gasteiger partial charge < -0.3 is 14.8 Å². The maximum Gasteiger partial charge on any atom is 0.350 e. The highest BCUT2D eigenvalue weighted by Crippen LogP contribution is 2.36. The molecule has 0 spiro atoms. The lowest BCUT2D eigenvalue weighted by Gasteiger charge is -2.14. The van der Waals surface area contributed by atoms with Crippen LogP contribution >= 0.6 is 11.3 Å². The fraction of sp³-hybridized carbons (Fsp3) is 0.304. The third-order valence-corrected chi connectivity index (χ3v) is 6.21. The highest BCUT2D eigenvalue weighted by Gasteiger charge is 2.23. The maximum absolute atomic E-state index is 13.0. The molecule has 9 heteroatoms. The summed E-state index contributed by atoms with van der Waals surface area (Å²) in [5, 5.41) is 3.53. The van der Waals surface area contributed by atoms with Gasteiger partial charge in [0.15, 0.2) is 0 Å². The number of hydrogen-bond acceptors (Lipinski definition) is 8. The third kappa shape index (κ3) is 4.95. The molecule has 8 nitrogen and oxygen atoms in total. The second kappa shape index (κ2) is 9.88. The number of amides is 1. The summed E-state index contributed by atoms with van der Waals surface area (Å²) in [6.45, 7) is 4.37. The summed E-state index contributed by atoms with van der Waals surface area (Å²) in [5.41, 5.74) is 3.51. The quantitative estimate of drug-likeness (QED) is 0.544. The smallest absolute Gasteiger partial charge is 0.350 e. The number of aryl methyl sites for hydroxylation is 1. The van der Waals surface area contributed by atoms with E-state index in [0.717, 1.165) is 22.5 Å². The average molecular weight is 456 g/mol. The predicted molar refractivity (Wildman–Crippen MR) is 123 cm³/mol. The highest BCUT2D eigenvalue weighted by molar-refractivity contribution is 7.21. The minimum atomic E-state index is -0.548. The van der Waals surface area contributed by atoms with Crippen LogP contribution in [0.5, 0.6) is 0 Å². The molecule has 0 saturated heterocycles. The average Bonchev–Trinajstić information content (AvgIpc) is 3.12. The van der Waals surface area contributed by atoms with Crippen molar-refractivity contribution in [3.63, 3.8) is 0 Å². The number of anilines is 1. The van der Waals surface area contributed by atoms with E-state index in [1.807, 2.05) is 32.0 Å². The second-order valence-electron chi connectivity index (χ2n) is 7.40. The van der Waals surface area contributed by atoms with Crippen LogP contribution in [0.15, 0.2) is 30.3 Å². The van der Waals surface area contributed by atoms with Gasteiger partial charge in [0, 0.05) is 17.5 Å². The molecule has 0 aliphatic heterocycles. The van der Waals surface area contributed by atoms with Crippen molar-refractivity contribution in [1.82, 2.24) is 9.88 Å². The molecule has 0 bridgehead atoms. The Hall–Kier alpha value is -3.30. The molecule has 168 valence electrons. The number of aromatic nitrogens is 1. The highest BCUT2D eigenvalue weighted by atomic mass is 32.1. The van der Waals surface area contributed by atoms with Crippen LogP contribution in [0.3, 0.4) is 0 Å². The van der Waals surface area contributed by atoms with Crippen molar-refractivity contribution in [2.45, 2.75) is 20.4 Å². The Balaban J connectivity index is 1.96. The number of hydrogen-bond donors (Lipinski definition) is 1. The van der Waals surface area contributed by atoms with Crippen molar-refractivity contribution >= 4 is 45.1 Å². The Labute approximate surface area is 190 Å². The Morgan fingerprint density at radius 1 is 1.09 bits per heavy atom. The van der Waals surface area contributed by atoms with Gasteiger partial charge in [-0.25, -0.2) is 9.78 Å². The number of carbonyl (C=O) groups is 3. The number of nitrogens with one attached hydrogen (secondary N) is 1. The van der Waals surface area contributed by atoms with Crippen LogP contribution < -0.4 is 5.32 Å². The molecule has 0 saturated carbocycles. The molecular weight excluding hydrogens is 430 g/mol. The van der Waals surface area contributed by atoms with Gasteiger partial charge in [-0.15, -0.1) is 11.3 Å². The molecule has 0 unspecified atom stereocenters. The molecule has 0 radical (unpaired) electrons. The van der Waals surface area contributed by atoms with Gasteiger partial charge in [0.2, 0.25) is 0 Å². The number of ether oxygens (including phenoxy) is 2. The summed E-state index contributed by atoms with van der Waals surface area (Å²) in [4.78, 5) is 44.1. The van der Waals surface area contributed by atoms with Gasteiger partial charge in [-0.05, 0) is 50.2 Å². The lowest BCUT2D eigenvalue weighted by Crippen LogP contribution is -2.26. The molecule has 2 aromatic heterocycles. The van der Waals surface area contributed by atoms with E-state index in [4.69, 9.17) is 4.74 Å². The van der Waals surface area contributed by atoms with Crippen molar-refractivity contribution in [1.29, 1.82) is 0 Å². The van der Waals surface area contributed by atoms with Crippen LogP contribution in [-0.2, 0) is 20.8 Å². The fourth-order valence-electron chi connectivity index (χ4n) is 3.26. The molecule has 1 amide bonds. The van der Waals surface area contributed by atoms with E-state index in [1.165, 1.54) is 14.2 Å². The zero-order valence-electron chi connectivity index (χ0n) is 18.6. The van der Waals surface area contributed by atoms with Crippen molar-refractivity contribution in [2.75, 3.05) is 33.1 Å². The van der Waals surface area contributed by atoms with E-state index in [9.17, 15) is 14.4 Å². The molecular formula is C23H25N3O5S. The zero-order valence-corrected chi connectivity index (χ0v) is 19.5. The Bertz CT molecular complexity index is 1190. The summed E-state index contributed by atoms with van der Waals surface area (Å²) in [6.07, 6.45) is 0. The van der Waals surface area contributed by atoms with Gasteiger partial charge in [0.05, 0.1) is 32.1 Å². The number of carbonyl (C=O) groups excluding carboxylic acids is 3. The summed E-state index contributed by atoms with van der Waals surface area (Å²) >= 11 is 1.15. The van der Waals surface area contributed by atoms with Gasteiger partial charge >= 0.3 is 11.9 Å². The predicted octanol–water partition coefficient (Wildman–Crippen LogP) is 3.56. The van der Waals surface area contributed by atoms with Crippen LogP contribution in [0.4, 0.5) is 5.69 Å². The van der Waals surface area contributed by atoms with E-state index in [1.54, 1.807) is 24.1 Å². The SMILES string of the molecule is COC(=O)CN(C)Cc1ccc2c(NC(=O)c3cccc(C)c3C)c(C(=O)OC)sc2n1. The van der Waals surface area contributed by atoms with E-state index >= 15 is 0 Å². The fourth-order valence-corrected chi connectivity index (χ4v) is 4.33. The first-order valence-electron chi connectivity index (χ1n) is 9.88. The van der Waals surface area contributed by atoms with Gasteiger partial charge in [-0.1, -0.05) is 12.1 Å². The number of benzene rings is 1. The molecule has 0 aliphatic rings. The lowest BCUT2D eigenvalue weighted by atomic mass is 10.0. The van der Waals surface area contributed by atoms with Crippen LogP contribution in [0, 0.1) is 13.8 Å². The number of fused-ring (bicyclic) bond motifs is 1. The molecule has 3 rings (SSSR count). The summed E-state index contributed by atoms with van der Waals surface area (Å²) < 4.78 is 9.61. The number of pyridine rings is 1. The minimum absolute atomic E-state index is 0.130. The number of rotatable bonds is 7. The third-order valence-electron chi connectivity index (χ3n) is 5.13. The molecule has 2 heterocycles. The van der Waals surface area contributed by atoms with Crippen molar-refractivity contribution < 1.29 is 23.9 Å². The number of thiophene rings is 1. The number of methoxy groups -OCH3 is 2. The Morgan fingerprint density at radius 2 is 1.84 bits per heavy atom. The standard InChI is InChI=1S/C23H25N3O5S/c1-13-7-6-8-16(14(13)2)21(28)25-19-17-10-9-15(11-26(3)12-18(27)30-4)24-22(17)32-20(19)23(29)31-5/h6-10H,11-12H2,1-5H3,(H,25,28). The molecule has 3 aromatic rings. The van der Waals surface area contributed by atoms with Crippen molar-refractivity contribution in [3.05, 3.63) is 57.6 Å². The van der Waals surface area contributed by atoms with Crippen LogP contribution in [0.2, 0.25) is 0 Å². The number of likely N-dealkylation sites (N-methyl/N-ethyl adjacent to an activating group) is 1. The molecule has 0 atom stereocenters. The normalized spacial score (nSPS) is 10.9. The van der Waals surface area contributed by atoms with Crippen LogP contribution in [0.1, 0.15) is 36.9 Å². The topological polar surface area (TPSA) is 97.8 Å². The molecule has 32 heavy (non-hydrogen) atoms. The monoisotopic (exact) mass is 455 g/mol. The maximum atomic E-state index is 13.0. The van der Waals surface area contributed by atoms with Crippen molar-refractivity contribution in [3.8, 4) is 0 Å². The largest absolute Gasteiger partial charge is 0.468 e. The van der Waals surface area contributed by atoms with E-state index in [0.29, 0.717) is 33.7 Å². The first kappa shape index (κ1) is 23.4. The Kier molecular flexibility index (Phi) is 7.22. The first-order chi connectivity index (χ1) is 15.2. The van der Waals surface area contributed by atoms with E-state index < -0.39 is 5.97 Å². The zero-order chi connectivity index (χ0) is 23.4. The van der Waals surface area contributed by atoms with Gasteiger partial charge in [-0.3, -0.25) is 14.5 Å². The number of esters is 2. The van der Waals surface area contributed by atoms with Crippen LogP contribution in [0.25, 0.3) is 10.2 Å². The first-order valence-corrected chi connectivity index (χ1v) is 10.7. The van der Waals surface area contributed by atoms with Crippen molar-refractivity contribution in [2.24, 2.45) is 0 Å². The summed E-state index contributed by atoms with van der Waals surface area (Å²) in [6, 6.07) is 9.12.